The van der Waals surface area contributed by atoms with E-state index in [4.69, 9.17) is 9.47 Å². The third-order valence-corrected chi connectivity index (χ3v) is 4.61. The fourth-order valence-corrected chi connectivity index (χ4v) is 3.14. The van der Waals surface area contributed by atoms with Crippen LogP contribution in [0.4, 0.5) is 5.69 Å². The molecule has 0 radical (unpaired) electrons. The monoisotopic (exact) mass is 397 g/mol. The number of methoxy groups -OCH3 is 1. The fourth-order valence-electron chi connectivity index (χ4n) is 3.14. The number of benzene rings is 2. The Balaban J connectivity index is 1.58. The lowest BCUT2D eigenvalue weighted by atomic mass is 10.1. The van der Waals surface area contributed by atoms with Crippen LogP contribution in [0.15, 0.2) is 48.5 Å². The molecule has 8 nitrogen and oxygen atoms in total. The summed E-state index contributed by atoms with van der Waals surface area (Å²) in [6.07, 6.45) is 0.0730. The average Bonchev–Trinajstić information content (AvgIpc) is 3.14. The fraction of sp³-hybridized carbons (Fsp3) is 0.286. The number of carbonyl (C=O) groups is 3. The first-order valence-corrected chi connectivity index (χ1v) is 9.30. The molecule has 8 heteroatoms. The van der Waals surface area contributed by atoms with E-state index in [1.54, 1.807) is 53.4 Å². The standard InChI is InChI=1S/C21H23N3O5/c1-3-29-16-10-8-15(9-11-16)24-13-14(12-19(24)25)20(26)22-23-21(27)17-6-4-5-7-18(17)28-2/h4-11,14H,3,12-13H2,1-2H3,(H,22,26)(H,23,27)/t14-/m0/s1. The van der Waals surface area contributed by atoms with Crippen molar-refractivity contribution < 1.29 is 23.9 Å². The zero-order valence-corrected chi connectivity index (χ0v) is 16.3. The van der Waals surface area contributed by atoms with Crippen molar-refractivity contribution in [3.05, 3.63) is 54.1 Å². The van der Waals surface area contributed by atoms with Crippen LogP contribution in [0.2, 0.25) is 0 Å². The lowest BCUT2D eigenvalue weighted by Gasteiger charge is -2.17. The van der Waals surface area contributed by atoms with Gasteiger partial charge in [0.25, 0.3) is 5.91 Å². The normalized spacial score (nSPS) is 15.7. The molecule has 0 aromatic heterocycles. The van der Waals surface area contributed by atoms with Gasteiger partial charge in [-0.15, -0.1) is 0 Å². The van der Waals surface area contributed by atoms with Crippen molar-refractivity contribution in [3.8, 4) is 11.5 Å². The minimum atomic E-state index is -0.563. The summed E-state index contributed by atoms with van der Waals surface area (Å²) in [5, 5.41) is 0. The van der Waals surface area contributed by atoms with Crippen molar-refractivity contribution in [3.63, 3.8) is 0 Å². The number of para-hydroxylation sites is 1. The van der Waals surface area contributed by atoms with Gasteiger partial charge in [-0.05, 0) is 43.3 Å². The van der Waals surface area contributed by atoms with Crippen molar-refractivity contribution in [2.45, 2.75) is 13.3 Å². The molecule has 29 heavy (non-hydrogen) atoms. The Morgan fingerprint density at radius 2 is 1.83 bits per heavy atom. The maximum absolute atomic E-state index is 12.4. The van der Waals surface area contributed by atoms with Gasteiger partial charge in [-0.1, -0.05) is 12.1 Å². The molecule has 152 valence electrons. The van der Waals surface area contributed by atoms with Gasteiger partial charge >= 0.3 is 0 Å². The van der Waals surface area contributed by atoms with Gasteiger partial charge in [0.05, 0.1) is 25.2 Å². The molecule has 3 amide bonds. The predicted octanol–water partition coefficient (Wildman–Crippen LogP) is 1.91. The first kappa shape index (κ1) is 20.2. The Morgan fingerprint density at radius 1 is 1.10 bits per heavy atom. The zero-order valence-electron chi connectivity index (χ0n) is 16.3. The van der Waals surface area contributed by atoms with Crippen LogP contribution in [-0.2, 0) is 9.59 Å². The van der Waals surface area contributed by atoms with Crippen molar-refractivity contribution in [1.82, 2.24) is 10.9 Å². The molecular weight excluding hydrogens is 374 g/mol. The van der Waals surface area contributed by atoms with Gasteiger partial charge in [-0.2, -0.15) is 0 Å². The van der Waals surface area contributed by atoms with Gasteiger partial charge < -0.3 is 14.4 Å². The van der Waals surface area contributed by atoms with Crippen LogP contribution in [0.25, 0.3) is 0 Å². The van der Waals surface area contributed by atoms with E-state index in [1.807, 2.05) is 6.92 Å². The van der Waals surface area contributed by atoms with Crippen LogP contribution in [0.1, 0.15) is 23.7 Å². The molecule has 2 aromatic carbocycles. The summed E-state index contributed by atoms with van der Waals surface area (Å²) in [6, 6.07) is 13.8. The number of nitrogens with zero attached hydrogens (tertiary/aromatic N) is 1. The van der Waals surface area contributed by atoms with Crippen LogP contribution in [0.3, 0.4) is 0 Å². The Kier molecular flexibility index (Phi) is 6.33. The van der Waals surface area contributed by atoms with E-state index in [0.717, 1.165) is 5.75 Å². The molecule has 0 unspecified atom stereocenters. The van der Waals surface area contributed by atoms with E-state index < -0.39 is 17.7 Å². The molecule has 0 spiro atoms. The highest BCUT2D eigenvalue weighted by atomic mass is 16.5. The smallest absolute Gasteiger partial charge is 0.273 e. The Bertz CT molecular complexity index is 897. The minimum Gasteiger partial charge on any atom is -0.496 e. The van der Waals surface area contributed by atoms with Crippen molar-refractivity contribution in [2.24, 2.45) is 5.92 Å². The first-order chi connectivity index (χ1) is 14.0. The van der Waals surface area contributed by atoms with Crippen LogP contribution in [0.5, 0.6) is 11.5 Å². The van der Waals surface area contributed by atoms with Crippen molar-refractivity contribution in [2.75, 3.05) is 25.2 Å². The van der Waals surface area contributed by atoms with Crippen LogP contribution in [-0.4, -0.2) is 38.0 Å². The van der Waals surface area contributed by atoms with Gasteiger partial charge in [0.15, 0.2) is 0 Å². The first-order valence-electron chi connectivity index (χ1n) is 9.30. The molecule has 1 fully saturated rings. The van der Waals surface area contributed by atoms with E-state index in [0.29, 0.717) is 23.6 Å². The van der Waals surface area contributed by atoms with E-state index >= 15 is 0 Å². The molecule has 2 aromatic rings. The number of hydrogen-bond acceptors (Lipinski definition) is 5. The van der Waals surface area contributed by atoms with Gasteiger partial charge in [0, 0.05) is 18.7 Å². The number of hydrazine groups is 1. The quantitative estimate of drug-likeness (QED) is 0.726. The zero-order chi connectivity index (χ0) is 20.8. The molecular formula is C21H23N3O5. The van der Waals surface area contributed by atoms with Gasteiger partial charge in [-0.25, -0.2) is 0 Å². The number of anilines is 1. The van der Waals surface area contributed by atoms with E-state index in [2.05, 4.69) is 10.9 Å². The second kappa shape index (κ2) is 9.09. The lowest BCUT2D eigenvalue weighted by molar-refractivity contribution is -0.126. The second-order valence-electron chi connectivity index (χ2n) is 6.48. The van der Waals surface area contributed by atoms with Crippen molar-refractivity contribution >= 4 is 23.4 Å². The molecule has 3 rings (SSSR count). The van der Waals surface area contributed by atoms with Crippen LogP contribution >= 0.6 is 0 Å². The maximum Gasteiger partial charge on any atom is 0.273 e. The highest BCUT2D eigenvalue weighted by Gasteiger charge is 2.35. The molecule has 1 saturated heterocycles. The van der Waals surface area contributed by atoms with Gasteiger partial charge in [0.1, 0.15) is 11.5 Å². The molecule has 1 heterocycles. The summed E-state index contributed by atoms with van der Waals surface area (Å²) in [5.41, 5.74) is 5.78. The second-order valence-corrected chi connectivity index (χ2v) is 6.48. The Morgan fingerprint density at radius 3 is 2.52 bits per heavy atom. The predicted molar refractivity (Wildman–Crippen MR) is 107 cm³/mol. The number of ether oxygens (including phenoxy) is 2. The minimum absolute atomic E-state index is 0.0730. The SMILES string of the molecule is CCOc1ccc(N2C[C@@H](C(=O)NNC(=O)c3ccccc3OC)CC2=O)cc1. The molecule has 0 aliphatic carbocycles. The largest absolute Gasteiger partial charge is 0.496 e. The number of nitrogens with one attached hydrogen (secondary N) is 2. The van der Waals surface area contributed by atoms with Gasteiger partial charge in [0.2, 0.25) is 11.8 Å². The average molecular weight is 397 g/mol. The van der Waals surface area contributed by atoms with E-state index in [-0.39, 0.29) is 18.9 Å². The number of amides is 3. The third kappa shape index (κ3) is 4.66. The molecule has 1 aliphatic rings. The molecule has 0 saturated carbocycles. The summed E-state index contributed by atoms with van der Waals surface area (Å²) in [5.74, 6) is -0.510. The van der Waals surface area contributed by atoms with Crippen molar-refractivity contribution in [1.29, 1.82) is 0 Å². The topological polar surface area (TPSA) is 97.0 Å². The Hall–Kier alpha value is -3.55. The van der Waals surface area contributed by atoms with Crippen LogP contribution in [0, 0.1) is 5.92 Å². The summed E-state index contributed by atoms with van der Waals surface area (Å²) in [4.78, 5) is 38.6. The highest BCUT2D eigenvalue weighted by Crippen LogP contribution is 2.27. The van der Waals surface area contributed by atoms with Gasteiger partial charge in [-0.3, -0.25) is 25.2 Å². The summed E-state index contributed by atoms with van der Waals surface area (Å²) < 4.78 is 10.5. The third-order valence-electron chi connectivity index (χ3n) is 4.61. The molecule has 1 atom stereocenters. The molecule has 0 bridgehead atoms. The van der Waals surface area contributed by atoms with E-state index in [1.165, 1.54) is 7.11 Å². The lowest BCUT2D eigenvalue weighted by Crippen LogP contribution is -2.45. The Labute approximate surface area is 168 Å². The number of hydrogen-bond donors (Lipinski definition) is 2. The molecule has 1 aliphatic heterocycles. The maximum atomic E-state index is 12.4. The highest BCUT2D eigenvalue weighted by molar-refractivity contribution is 6.01. The van der Waals surface area contributed by atoms with Crippen LogP contribution < -0.4 is 25.2 Å². The summed E-state index contributed by atoms with van der Waals surface area (Å²) in [7, 11) is 1.46. The summed E-state index contributed by atoms with van der Waals surface area (Å²) >= 11 is 0. The summed E-state index contributed by atoms with van der Waals surface area (Å²) in [6.45, 7) is 2.70. The molecule has 2 N–H and O–H groups in total. The van der Waals surface area contributed by atoms with E-state index in [9.17, 15) is 14.4 Å². The number of carbonyl (C=O) groups excluding carboxylic acids is 3. The number of rotatable bonds is 6.